The van der Waals surface area contributed by atoms with Gasteiger partial charge in [0.15, 0.2) is 5.16 Å². The largest absolute Gasteiger partial charge is 0.345 e. The molecule has 1 aliphatic rings. The molecule has 1 amide bonds. The van der Waals surface area contributed by atoms with E-state index in [0.717, 1.165) is 41.0 Å². The zero-order valence-corrected chi connectivity index (χ0v) is 21.6. The summed E-state index contributed by atoms with van der Waals surface area (Å²) in [5.74, 6) is 0.385. The number of carbonyl (C=O) groups is 1. The van der Waals surface area contributed by atoms with Gasteiger partial charge in [0, 0.05) is 23.1 Å². The van der Waals surface area contributed by atoms with E-state index < -0.39 is 0 Å². The maximum atomic E-state index is 14.4. The van der Waals surface area contributed by atoms with Gasteiger partial charge in [0.25, 0.3) is 5.91 Å². The molecule has 7 heteroatoms. The molecule has 38 heavy (non-hydrogen) atoms. The molecule has 0 spiro atoms. The monoisotopic (exact) mass is 522 g/mol. The van der Waals surface area contributed by atoms with E-state index in [-0.39, 0.29) is 17.8 Å². The Bertz CT molecular complexity index is 1600. The summed E-state index contributed by atoms with van der Waals surface area (Å²) in [4.78, 5) is 22.0. The molecule has 0 saturated carbocycles. The van der Waals surface area contributed by atoms with Crippen LogP contribution < -0.4 is 5.32 Å². The highest BCUT2D eigenvalue weighted by Gasteiger charge is 2.22. The summed E-state index contributed by atoms with van der Waals surface area (Å²) in [5.41, 5.74) is 6.59. The Morgan fingerprint density at radius 2 is 1.84 bits per heavy atom. The minimum atomic E-state index is -0.236. The normalized spacial score (nSPS) is 14.8. The lowest BCUT2D eigenvalue weighted by molar-refractivity contribution is 0.0932. The van der Waals surface area contributed by atoms with Crippen molar-refractivity contribution < 1.29 is 9.18 Å². The fraction of sp³-hybridized carbons (Fsp3) is 0.194. The van der Waals surface area contributed by atoms with Gasteiger partial charge in [0.1, 0.15) is 5.82 Å². The summed E-state index contributed by atoms with van der Waals surface area (Å²) in [6.45, 7) is 0.376. The van der Waals surface area contributed by atoms with Crippen molar-refractivity contribution in [2.45, 2.75) is 42.8 Å². The predicted molar refractivity (Wildman–Crippen MR) is 149 cm³/mol. The second-order valence-corrected chi connectivity index (χ2v) is 10.5. The Morgan fingerprint density at radius 3 is 2.71 bits per heavy atom. The summed E-state index contributed by atoms with van der Waals surface area (Å²) >= 11 is 1.59. The number of halogens is 1. The average molecular weight is 523 g/mol. The second kappa shape index (κ2) is 10.8. The number of carbonyl (C=O) groups excluding carboxylic acids is 1. The van der Waals surface area contributed by atoms with Gasteiger partial charge in [-0.05, 0) is 60.2 Å². The summed E-state index contributed by atoms with van der Waals surface area (Å²) in [6, 6.07) is 24.8. The molecule has 1 atom stereocenters. The lowest BCUT2D eigenvalue weighted by Gasteiger charge is -2.26. The summed E-state index contributed by atoms with van der Waals surface area (Å²) in [7, 11) is 0. The molecule has 0 saturated heterocycles. The number of rotatable bonds is 7. The number of nitrogens with one attached hydrogen (secondary N) is 1. The molecule has 6 rings (SSSR count). The van der Waals surface area contributed by atoms with E-state index in [4.69, 9.17) is 4.98 Å². The van der Waals surface area contributed by atoms with E-state index >= 15 is 0 Å². The molecule has 0 fully saturated rings. The highest BCUT2D eigenvalue weighted by atomic mass is 32.2. The van der Waals surface area contributed by atoms with Crippen LogP contribution in [0, 0.1) is 5.82 Å². The average Bonchev–Trinajstić information content (AvgIpc) is 3.30. The first-order chi connectivity index (χ1) is 18.7. The number of imidazole rings is 1. The van der Waals surface area contributed by atoms with Gasteiger partial charge in [-0.2, -0.15) is 0 Å². The number of aryl methyl sites for hydroxylation is 1. The second-order valence-electron chi connectivity index (χ2n) is 9.54. The van der Waals surface area contributed by atoms with E-state index in [1.807, 2.05) is 47.0 Å². The summed E-state index contributed by atoms with van der Waals surface area (Å²) in [6.07, 6.45) is 6.59. The lowest BCUT2D eigenvalue weighted by atomic mass is 9.87. The van der Waals surface area contributed by atoms with Crippen molar-refractivity contribution in [3.63, 3.8) is 0 Å². The third-order valence-electron chi connectivity index (χ3n) is 7.06. The van der Waals surface area contributed by atoms with Crippen LogP contribution in [0.3, 0.4) is 0 Å². The first kappa shape index (κ1) is 24.4. The van der Waals surface area contributed by atoms with Crippen LogP contribution in [-0.2, 0) is 18.7 Å². The van der Waals surface area contributed by atoms with Crippen molar-refractivity contribution in [2.24, 2.45) is 0 Å². The number of thioether (sulfide) groups is 1. The van der Waals surface area contributed by atoms with Crippen LogP contribution in [0.5, 0.6) is 0 Å². The Labute approximate surface area is 225 Å². The van der Waals surface area contributed by atoms with Crippen molar-refractivity contribution in [3.05, 3.63) is 125 Å². The van der Waals surface area contributed by atoms with E-state index in [9.17, 15) is 9.18 Å². The van der Waals surface area contributed by atoms with Gasteiger partial charge >= 0.3 is 0 Å². The Morgan fingerprint density at radius 1 is 1.03 bits per heavy atom. The topological polar surface area (TPSA) is 59.8 Å². The number of nitrogens with zero attached hydrogens (tertiary/aromatic N) is 3. The number of hydrogen-bond acceptors (Lipinski definition) is 4. The number of fused-ring (bicyclic) bond motifs is 2. The number of aromatic nitrogens is 3. The molecule has 1 aliphatic carbocycles. The number of pyridine rings is 1. The molecule has 1 N–H and O–H groups in total. The van der Waals surface area contributed by atoms with Crippen LogP contribution in [0.15, 0.2) is 96.4 Å². The van der Waals surface area contributed by atoms with Crippen LogP contribution in [0.4, 0.5) is 4.39 Å². The SMILES string of the molecule is O=C(N[C@H]1CCCc2ccccc21)c1ccc(CSc2nc3ccncc3n2Cc2ccccc2F)cc1. The standard InChI is InChI=1S/C31H27FN4OS/c32-26-10-4-2-7-24(26)19-36-29-18-33-17-16-28(29)35-31(36)38-20-21-12-14-23(15-13-21)30(37)34-27-11-5-8-22-6-1-3-9-25(22)27/h1-4,6-7,9-10,12-18,27H,5,8,11,19-20H2,(H,34,37)/t27-/m0/s1. The van der Waals surface area contributed by atoms with Gasteiger partial charge in [0.2, 0.25) is 0 Å². The van der Waals surface area contributed by atoms with Crippen molar-refractivity contribution in [1.29, 1.82) is 0 Å². The molecule has 2 heterocycles. The van der Waals surface area contributed by atoms with Crippen LogP contribution in [0.2, 0.25) is 0 Å². The molecule has 0 aliphatic heterocycles. The smallest absolute Gasteiger partial charge is 0.251 e. The molecule has 190 valence electrons. The van der Waals surface area contributed by atoms with Gasteiger partial charge in [0.05, 0.1) is 29.8 Å². The number of hydrogen-bond donors (Lipinski definition) is 1. The van der Waals surface area contributed by atoms with Crippen molar-refractivity contribution in [1.82, 2.24) is 19.9 Å². The molecular formula is C31H27FN4OS. The molecule has 3 aromatic carbocycles. The Hall–Kier alpha value is -3.97. The van der Waals surface area contributed by atoms with Crippen molar-refractivity contribution in [2.75, 3.05) is 0 Å². The lowest BCUT2D eigenvalue weighted by Crippen LogP contribution is -2.30. The maximum Gasteiger partial charge on any atom is 0.251 e. The van der Waals surface area contributed by atoms with Gasteiger partial charge in [-0.25, -0.2) is 9.37 Å². The summed E-state index contributed by atoms with van der Waals surface area (Å²) < 4.78 is 16.4. The molecule has 5 aromatic rings. The minimum Gasteiger partial charge on any atom is -0.345 e. The van der Waals surface area contributed by atoms with E-state index in [1.54, 1.807) is 36.3 Å². The first-order valence-electron chi connectivity index (χ1n) is 12.8. The third-order valence-corrected chi connectivity index (χ3v) is 8.11. The zero-order valence-electron chi connectivity index (χ0n) is 20.8. The maximum absolute atomic E-state index is 14.4. The van der Waals surface area contributed by atoms with Crippen molar-refractivity contribution >= 4 is 28.7 Å². The summed E-state index contributed by atoms with van der Waals surface area (Å²) in [5, 5.41) is 4.02. The van der Waals surface area contributed by atoms with Gasteiger partial charge in [-0.1, -0.05) is 66.4 Å². The fourth-order valence-electron chi connectivity index (χ4n) is 5.05. The Kier molecular flexibility index (Phi) is 6.92. The Balaban J connectivity index is 1.15. The molecule has 0 bridgehead atoms. The van der Waals surface area contributed by atoms with Gasteiger partial charge in [-0.3, -0.25) is 9.78 Å². The van der Waals surface area contributed by atoms with E-state index in [1.165, 1.54) is 17.2 Å². The third kappa shape index (κ3) is 5.07. The number of benzene rings is 3. The zero-order chi connectivity index (χ0) is 25.9. The van der Waals surface area contributed by atoms with Crippen LogP contribution in [0.1, 0.15) is 51.5 Å². The molecule has 2 aromatic heterocycles. The van der Waals surface area contributed by atoms with Crippen LogP contribution in [-0.4, -0.2) is 20.4 Å². The van der Waals surface area contributed by atoms with Gasteiger partial charge in [-0.15, -0.1) is 0 Å². The first-order valence-corrected chi connectivity index (χ1v) is 13.8. The van der Waals surface area contributed by atoms with Crippen molar-refractivity contribution in [3.8, 4) is 0 Å². The molecule has 0 unspecified atom stereocenters. The number of amides is 1. The van der Waals surface area contributed by atoms with E-state index in [2.05, 4.69) is 28.5 Å². The van der Waals surface area contributed by atoms with Crippen LogP contribution in [0.25, 0.3) is 11.0 Å². The molecule has 0 radical (unpaired) electrons. The van der Waals surface area contributed by atoms with Gasteiger partial charge < -0.3 is 9.88 Å². The highest BCUT2D eigenvalue weighted by molar-refractivity contribution is 7.98. The molecule has 5 nitrogen and oxygen atoms in total. The van der Waals surface area contributed by atoms with E-state index in [0.29, 0.717) is 23.4 Å². The highest BCUT2D eigenvalue weighted by Crippen LogP contribution is 2.30. The fourth-order valence-corrected chi connectivity index (χ4v) is 6.02. The quantitative estimate of drug-likeness (QED) is 0.241. The van der Waals surface area contributed by atoms with Crippen LogP contribution >= 0.6 is 11.8 Å². The predicted octanol–water partition coefficient (Wildman–Crippen LogP) is 6.72. The minimum absolute atomic E-state index is 0.0508. The molecular weight excluding hydrogens is 495 g/mol.